The van der Waals surface area contributed by atoms with E-state index >= 15 is 0 Å². The summed E-state index contributed by atoms with van der Waals surface area (Å²) in [5.41, 5.74) is 0. The van der Waals surface area contributed by atoms with Crippen LogP contribution in [0, 0.1) is 0 Å². The molecular weight excluding hydrogens is 164 g/mol. The number of hydrogen-bond acceptors (Lipinski definition) is 5. The molecule has 0 radical (unpaired) electrons. The number of rotatable bonds is 4. The van der Waals surface area contributed by atoms with Crippen LogP contribution in [-0.2, 0) is 19.4 Å². The van der Waals surface area contributed by atoms with Gasteiger partial charge in [-0.3, -0.25) is 4.55 Å². The molecule has 0 bridgehead atoms. The number of aliphatic hydroxyl groups excluding tert-OH is 1. The number of carbonyl (C=O) groups excluding carboxylic acids is 1. The minimum Gasteiger partial charge on any atom is -0.383 e. The van der Waals surface area contributed by atoms with Crippen LogP contribution in [0.2, 0.25) is 0 Å². The van der Waals surface area contributed by atoms with E-state index in [4.69, 9.17) is 9.66 Å². The zero-order chi connectivity index (χ0) is 8.20. The predicted octanol–water partition coefficient (Wildman–Crippen LogP) is -1.63. The van der Waals surface area contributed by atoms with E-state index in [2.05, 4.69) is 4.18 Å². The smallest absolute Gasteiger partial charge is 0.383 e. The summed E-state index contributed by atoms with van der Waals surface area (Å²) in [6, 6.07) is 0. The number of carbonyl (C=O) groups is 1. The minimum absolute atomic E-state index is 0.0885. The highest BCUT2D eigenvalue weighted by molar-refractivity contribution is 7.80. The van der Waals surface area contributed by atoms with Crippen LogP contribution < -0.4 is 0 Å². The molecule has 0 aliphatic rings. The fraction of sp³-hybridized carbons (Fsp3) is 0.667. The Hall–Kier alpha value is -0.500. The highest BCUT2D eigenvalue weighted by Gasteiger charge is 2.08. The average Bonchev–Trinajstić information content (AvgIpc) is 1.81. The third-order valence-electron chi connectivity index (χ3n) is 0.545. The molecule has 10 heavy (non-hydrogen) atoms. The first-order valence-electron chi connectivity index (χ1n) is 2.21. The van der Waals surface area contributed by atoms with Gasteiger partial charge in [0.15, 0.2) is 6.29 Å². The molecule has 0 saturated carbocycles. The van der Waals surface area contributed by atoms with Crippen molar-refractivity contribution in [2.24, 2.45) is 0 Å². The van der Waals surface area contributed by atoms with E-state index in [-0.39, 0.29) is 6.29 Å². The van der Waals surface area contributed by atoms with Gasteiger partial charge >= 0.3 is 10.4 Å². The average molecular weight is 170 g/mol. The lowest BCUT2D eigenvalue weighted by atomic mass is 10.4. The van der Waals surface area contributed by atoms with E-state index in [1.165, 1.54) is 0 Å². The molecule has 0 aromatic heterocycles. The molecule has 2 N–H and O–H groups in total. The number of aliphatic hydroxyl groups is 1. The number of hydrogen-bond donors (Lipinski definition) is 2. The Morgan fingerprint density at radius 1 is 1.60 bits per heavy atom. The number of aldehydes is 1. The van der Waals surface area contributed by atoms with Crippen LogP contribution in [0.5, 0.6) is 0 Å². The third-order valence-corrected chi connectivity index (χ3v) is 0.979. The molecule has 0 saturated heterocycles. The standard InChI is InChI=1S/C3H6O6S/c4-1-3(5)2-9-10(6,7)8/h1,3,5H,2H2,(H,6,7,8). The molecule has 0 aliphatic carbocycles. The van der Waals surface area contributed by atoms with Crippen molar-refractivity contribution >= 4 is 16.7 Å². The Morgan fingerprint density at radius 2 is 2.10 bits per heavy atom. The van der Waals surface area contributed by atoms with Gasteiger partial charge in [-0.25, -0.2) is 4.18 Å². The summed E-state index contributed by atoms with van der Waals surface area (Å²) in [4.78, 5) is 9.62. The van der Waals surface area contributed by atoms with Crippen LogP contribution in [0.4, 0.5) is 0 Å². The maximum Gasteiger partial charge on any atom is 0.397 e. The molecule has 0 heterocycles. The molecule has 60 valence electrons. The molecule has 0 aromatic rings. The molecule has 0 spiro atoms. The van der Waals surface area contributed by atoms with Crippen molar-refractivity contribution in [3.63, 3.8) is 0 Å². The molecule has 0 rings (SSSR count). The van der Waals surface area contributed by atoms with Gasteiger partial charge in [-0.2, -0.15) is 8.42 Å². The zero-order valence-corrected chi connectivity index (χ0v) is 5.61. The van der Waals surface area contributed by atoms with E-state index in [0.717, 1.165) is 0 Å². The Morgan fingerprint density at radius 3 is 2.40 bits per heavy atom. The van der Waals surface area contributed by atoms with Crippen molar-refractivity contribution < 1.29 is 27.1 Å². The first kappa shape index (κ1) is 9.50. The van der Waals surface area contributed by atoms with E-state index < -0.39 is 23.1 Å². The molecule has 0 amide bonds. The maximum absolute atomic E-state index is 9.76. The second-order valence-corrected chi connectivity index (χ2v) is 2.51. The normalized spacial score (nSPS) is 14.6. The van der Waals surface area contributed by atoms with E-state index in [1.807, 2.05) is 0 Å². The lowest BCUT2D eigenvalue weighted by molar-refractivity contribution is -0.116. The second-order valence-electron chi connectivity index (χ2n) is 1.42. The SMILES string of the molecule is O=CC(O)COS(=O)(=O)O. The Balaban J connectivity index is 3.66. The Labute approximate surface area is 57.4 Å². The van der Waals surface area contributed by atoms with Crippen molar-refractivity contribution in [3.8, 4) is 0 Å². The van der Waals surface area contributed by atoms with Gasteiger partial charge < -0.3 is 9.90 Å². The van der Waals surface area contributed by atoms with E-state index in [9.17, 15) is 13.2 Å². The van der Waals surface area contributed by atoms with Crippen molar-refractivity contribution in [1.29, 1.82) is 0 Å². The summed E-state index contributed by atoms with van der Waals surface area (Å²) >= 11 is 0. The summed E-state index contributed by atoms with van der Waals surface area (Å²) in [5.74, 6) is 0. The van der Waals surface area contributed by atoms with Gasteiger partial charge in [-0.15, -0.1) is 0 Å². The van der Waals surface area contributed by atoms with E-state index in [1.54, 1.807) is 0 Å². The van der Waals surface area contributed by atoms with Crippen LogP contribution >= 0.6 is 0 Å². The third kappa shape index (κ3) is 5.63. The highest BCUT2D eigenvalue weighted by Crippen LogP contribution is 1.87. The minimum atomic E-state index is -4.55. The van der Waals surface area contributed by atoms with Gasteiger partial charge in [0, 0.05) is 0 Å². The lowest BCUT2D eigenvalue weighted by Crippen LogP contribution is -2.19. The van der Waals surface area contributed by atoms with Crippen molar-refractivity contribution in [3.05, 3.63) is 0 Å². The zero-order valence-electron chi connectivity index (χ0n) is 4.80. The van der Waals surface area contributed by atoms with Crippen LogP contribution in [0.1, 0.15) is 0 Å². The fourth-order valence-corrected chi connectivity index (χ4v) is 0.506. The summed E-state index contributed by atoms with van der Waals surface area (Å²) in [6.07, 6.45) is -1.44. The fourth-order valence-electron chi connectivity index (χ4n) is 0.195. The van der Waals surface area contributed by atoms with Gasteiger partial charge in [0.2, 0.25) is 0 Å². The second kappa shape index (κ2) is 3.62. The van der Waals surface area contributed by atoms with Crippen molar-refractivity contribution in [1.82, 2.24) is 0 Å². The molecule has 6 nitrogen and oxygen atoms in total. The van der Waals surface area contributed by atoms with Crippen LogP contribution in [0.3, 0.4) is 0 Å². The summed E-state index contributed by atoms with van der Waals surface area (Å²) < 4.78 is 31.0. The first-order chi connectivity index (χ1) is 4.45. The summed E-state index contributed by atoms with van der Waals surface area (Å²) in [6.45, 7) is -0.762. The maximum atomic E-state index is 9.76. The highest BCUT2D eigenvalue weighted by atomic mass is 32.3. The summed E-state index contributed by atoms with van der Waals surface area (Å²) in [5, 5.41) is 8.35. The van der Waals surface area contributed by atoms with Crippen LogP contribution in [-0.4, -0.2) is 37.1 Å². The molecule has 1 unspecified atom stereocenters. The van der Waals surface area contributed by atoms with Crippen LogP contribution in [0.15, 0.2) is 0 Å². The largest absolute Gasteiger partial charge is 0.397 e. The van der Waals surface area contributed by atoms with Gasteiger partial charge in [0.1, 0.15) is 12.7 Å². The van der Waals surface area contributed by atoms with Gasteiger partial charge in [0.05, 0.1) is 0 Å². The summed E-state index contributed by atoms with van der Waals surface area (Å²) in [7, 11) is -4.55. The molecule has 1 atom stereocenters. The molecule has 0 aliphatic heterocycles. The quantitative estimate of drug-likeness (QED) is 0.388. The lowest BCUT2D eigenvalue weighted by Gasteiger charge is -1.99. The Bertz CT molecular complexity index is 193. The van der Waals surface area contributed by atoms with Gasteiger partial charge in [-0.1, -0.05) is 0 Å². The molecule has 7 heteroatoms. The van der Waals surface area contributed by atoms with Gasteiger partial charge in [0.25, 0.3) is 0 Å². The van der Waals surface area contributed by atoms with Crippen molar-refractivity contribution in [2.45, 2.75) is 6.10 Å². The molecule has 0 aromatic carbocycles. The molecule has 0 fully saturated rings. The Kier molecular flexibility index (Phi) is 3.43. The van der Waals surface area contributed by atoms with Gasteiger partial charge in [-0.05, 0) is 0 Å². The molecular formula is C3H6O6S. The monoisotopic (exact) mass is 170 g/mol. The van der Waals surface area contributed by atoms with Crippen molar-refractivity contribution in [2.75, 3.05) is 6.61 Å². The predicted molar refractivity (Wildman–Crippen MR) is 29.6 cm³/mol. The topological polar surface area (TPSA) is 101 Å². The first-order valence-corrected chi connectivity index (χ1v) is 3.57. The van der Waals surface area contributed by atoms with Crippen LogP contribution in [0.25, 0.3) is 0 Å². The van der Waals surface area contributed by atoms with E-state index in [0.29, 0.717) is 0 Å².